The topological polar surface area (TPSA) is 39.2 Å². The molecule has 0 atom stereocenters. The fourth-order valence-corrected chi connectivity index (χ4v) is 1.41. The number of hydrogen-bond donors (Lipinski definition) is 0. The van der Waals surface area contributed by atoms with Gasteiger partial charge in [-0.25, -0.2) is 13.6 Å². The molecule has 0 aliphatic rings. The van der Waals surface area contributed by atoms with Crippen molar-refractivity contribution in [3.05, 3.63) is 29.1 Å². The lowest BCUT2D eigenvalue weighted by molar-refractivity contribution is 0.0525. The van der Waals surface area contributed by atoms with Crippen LogP contribution in [0.25, 0.3) is 0 Å². The third-order valence-corrected chi connectivity index (χ3v) is 2.34. The first-order valence-electron chi connectivity index (χ1n) is 4.60. The normalized spacial score (nSPS) is 10.6. The molecule has 0 bridgehead atoms. The fourth-order valence-electron chi connectivity index (χ4n) is 1.12. The summed E-state index contributed by atoms with van der Waals surface area (Å²) < 4.78 is 29.7. The number of nitrogens with zero attached hydrogens (tertiary/aromatic N) is 1. The van der Waals surface area contributed by atoms with E-state index in [1.54, 1.807) is 6.92 Å². The summed E-state index contributed by atoms with van der Waals surface area (Å²) in [6.45, 7) is 1.85. The molecule has 0 N–H and O–H groups in total. The van der Waals surface area contributed by atoms with E-state index in [1.165, 1.54) is 6.07 Å². The first-order chi connectivity index (χ1) is 7.58. The number of aromatic nitrogens is 1. The maximum absolute atomic E-state index is 12.5. The van der Waals surface area contributed by atoms with Gasteiger partial charge in [0.15, 0.2) is 0 Å². The highest BCUT2D eigenvalue weighted by Gasteiger charge is 2.15. The van der Waals surface area contributed by atoms with Gasteiger partial charge in [-0.1, -0.05) is 15.9 Å². The predicted octanol–water partition coefficient (Wildman–Crippen LogP) is 3.09. The molecular formula is C10H10BrF2NO2. The van der Waals surface area contributed by atoms with Crippen LogP contribution in [0, 0.1) is 0 Å². The molecule has 1 aromatic heterocycles. The quantitative estimate of drug-likeness (QED) is 0.633. The Kier molecular flexibility index (Phi) is 4.79. The highest BCUT2D eigenvalue weighted by Crippen LogP contribution is 2.20. The average Bonchev–Trinajstić information content (AvgIpc) is 2.28. The van der Waals surface area contributed by atoms with Crippen molar-refractivity contribution in [3.8, 4) is 0 Å². The van der Waals surface area contributed by atoms with E-state index in [0.29, 0.717) is 11.0 Å². The molecule has 0 radical (unpaired) electrons. The molecule has 88 valence electrons. The molecule has 16 heavy (non-hydrogen) atoms. The Morgan fingerprint density at radius 1 is 1.56 bits per heavy atom. The minimum Gasteiger partial charge on any atom is -0.462 e. The van der Waals surface area contributed by atoms with Crippen molar-refractivity contribution in [2.75, 3.05) is 6.61 Å². The highest BCUT2D eigenvalue weighted by molar-refractivity contribution is 9.08. The van der Waals surface area contributed by atoms with Crippen LogP contribution in [0.5, 0.6) is 0 Å². The van der Waals surface area contributed by atoms with E-state index in [1.807, 2.05) is 0 Å². The van der Waals surface area contributed by atoms with Crippen molar-refractivity contribution in [3.63, 3.8) is 0 Å². The van der Waals surface area contributed by atoms with Crippen LogP contribution in [0.4, 0.5) is 8.78 Å². The largest absolute Gasteiger partial charge is 0.462 e. The van der Waals surface area contributed by atoms with Gasteiger partial charge in [0.25, 0.3) is 6.43 Å². The predicted molar refractivity (Wildman–Crippen MR) is 57.8 cm³/mol. The summed E-state index contributed by atoms with van der Waals surface area (Å²) in [4.78, 5) is 15.1. The van der Waals surface area contributed by atoms with E-state index >= 15 is 0 Å². The van der Waals surface area contributed by atoms with Crippen LogP contribution in [0.1, 0.15) is 35.1 Å². The Morgan fingerprint density at radius 2 is 2.25 bits per heavy atom. The van der Waals surface area contributed by atoms with Gasteiger partial charge in [0.1, 0.15) is 5.69 Å². The zero-order valence-corrected chi connectivity index (χ0v) is 10.1. The molecule has 0 saturated carbocycles. The molecule has 0 aliphatic carbocycles. The van der Waals surface area contributed by atoms with Gasteiger partial charge in [-0.15, -0.1) is 0 Å². The minimum atomic E-state index is -2.70. The Labute approximate surface area is 99.9 Å². The Morgan fingerprint density at radius 3 is 2.75 bits per heavy atom. The van der Waals surface area contributed by atoms with E-state index in [-0.39, 0.29) is 12.2 Å². The molecule has 0 amide bonds. The number of esters is 1. The summed E-state index contributed by atoms with van der Waals surface area (Å²) in [7, 11) is 0. The lowest BCUT2D eigenvalue weighted by Gasteiger charge is -2.06. The molecule has 0 unspecified atom stereocenters. The Balaban J connectivity index is 3.08. The SMILES string of the molecule is CCOC(=O)c1cc(CBr)nc(C(F)F)c1. The maximum Gasteiger partial charge on any atom is 0.338 e. The lowest BCUT2D eigenvalue weighted by Crippen LogP contribution is -2.07. The van der Waals surface area contributed by atoms with Crippen molar-refractivity contribution in [1.29, 1.82) is 0 Å². The van der Waals surface area contributed by atoms with Crippen LogP contribution in [-0.4, -0.2) is 17.6 Å². The van der Waals surface area contributed by atoms with E-state index < -0.39 is 18.1 Å². The molecule has 1 heterocycles. The number of pyridine rings is 1. The van der Waals surface area contributed by atoms with Gasteiger partial charge >= 0.3 is 5.97 Å². The molecule has 0 fully saturated rings. The first-order valence-corrected chi connectivity index (χ1v) is 5.72. The van der Waals surface area contributed by atoms with Gasteiger partial charge in [-0.2, -0.15) is 0 Å². The van der Waals surface area contributed by atoms with Gasteiger partial charge < -0.3 is 4.74 Å². The van der Waals surface area contributed by atoms with E-state index in [2.05, 4.69) is 20.9 Å². The molecule has 0 saturated heterocycles. The summed E-state index contributed by atoms with van der Waals surface area (Å²) in [5, 5.41) is 0.306. The molecular weight excluding hydrogens is 284 g/mol. The molecule has 0 spiro atoms. The third kappa shape index (κ3) is 3.23. The van der Waals surface area contributed by atoms with E-state index in [4.69, 9.17) is 4.74 Å². The smallest absolute Gasteiger partial charge is 0.338 e. The van der Waals surface area contributed by atoms with Gasteiger partial charge in [0, 0.05) is 5.33 Å². The Hall–Kier alpha value is -1.04. The van der Waals surface area contributed by atoms with Gasteiger partial charge in [-0.3, -0.25) is 4.98 Å². The second-order valence-electron chi connectivity index (χ2n) is 2.93. The van der Waals surface area contributed by atoms with Crippen LogP contribution >= 0.6 is 15.9 Å². The van der Waals surface area contributed by atoms with Gasteiger partial charge in [0.05, 0.1) is 17.9 Å². The van der Waals surface area contributed by atoms with Crippen molar-refractivity contribution >= 4 is 21.9 Å². The monoisotopic (exact) mass is 293 g/mol. The van der Waals surface area contributed by atoms with Crippen LogP contribution in [-0.2, 0) is 10.1 Å². The number of ether oxygens (including phenoxy) is 1. The van der Waals surface area contributed by atoms with Gasteiger partial charge in [0.2, 0.25) is 0 Å². The summed E-state index contributed by atoms with van der Waals surface area (Å²) in [5.41, 5.74) is 0.0578. The van der Waals surface area contributed by atoms with E-state index in [0.717, 1.165) is 6.07 Å². The summed E-state index contributed by atoms with van der Waals surface area (Å²) in [5.74, 6) is -0.617. The molecule has 3 nitrogen and oxygen atoms in total. The molecule has 0 aliphatic heterocycles. The maximum atomic E-state index is 12.5. The summed E-state index contributed by atoms with van der Waals surface area (Å²) in [6, 6.07) is 2.48. The van der Waals surface area contributed by atoms with Crippen LogP contribution in [0.2, 0.25) is 0 Å². The number of carbonyl (C=O) groups excluding carboxylic acids is 1. The lowest BCUT2D eigenvalue weighted by atomic mass is 10.2. The van der Waals surface area contributed by atoms with Crippen LogP contribution in [0.15, 0.2) is 12.1 Å². The summed E-state index contributed by atoms with van der Waals surface area (Å²) >= 11 is 3.10. The second kappa shape index (κ2) is 5.89. The number of alkyl halides is 3. The minimum absolute atomic E-state index is 0.0987. The molecule has 1 aromatic rings. The van der Waals surface area contributed by atoms with Crippen molar-refractivity contribution in [1.82, 2.24) is 4.98 Å². The van der Waals surface area contributed by atoms with Crippen molar-refractivity contribution < 1.29 is 18.3 Å². The molecule has 1 rings (SSSR count). The number of carbonyl (C=O) groups is 1. The fraction of sp³-hybridized carbons (Fsp3) is 0.400. The number of rotatable bonds is 4. The average molecular weight is 294 g/mol. The second-order valence-corrected chi connectivity index (χ2v) is 3.49. The van der Waals surface area contributed by atoms with Crippen LogP contribution in [0.3, 0.4) is 0 Å². The summed E-state index contributed by atoms with van der Waals surface area (Å²) in [6.07, 6.45) is -2.70. The number of halogens is 3. The zero-order valence-electron chi connectivity index (χ0n) is 8.54. The highest BCUT2D eigenvalue weighted by atomic mass is 79.9. The zero-order chi connectivity index (χ0) is 12.1. The van der Waals surface area contributed by atoms with Crippen LogP contribution < -0.4 is 0 Å². The first kappa shape index (κ1) is 13.0. The van der Waals surface area contributed by atoms with Gasteiger partial charge in [-0.05, 0) is 19.1 Å². The Bertz CT molecular complexity index is 385. The van der Waals surface area contributed by atoms with Crippen molar-refractivity contribution in [2.24, 2.45) is 0 Å². The standard InChI is InChI=1S/C10H10BrF2NO2/c1-2-16-10(15)6-3-7(5-11)14-8(4-6)9(12)13/h3-4,9H,2,5H2,1H3. The van der Waals surface area contributed by atoms with E-state index in [9.17, 15) is 13.6 Å². The third-order valence-electron chi connectivity index (χ3n) is 1.77. The number of hydrogen-bond acceptors (Lipinski definition) is 3. The molecule has 0 aromatic carbocycles. The molecule has 6 heteroatoms. The van der Waals surface area contributed by atoms with Crippen molar-refractivity contribution in [2.45, 2.75) is 18.7 Å².